The SMILES string of the molecule is O=C(c1ccc(Cl)cc1)N(c1ccccn1)C1CC1. The van der Waals surface area contributed by atoms with Gasteiger partial charge < -0.3 is 0 Å². The lowest BCUT2D eigenvalue weighted by Crippen LogP contribution is -2.33. The molecule has 0 radical (unpaired) electrons. The molecule has 1 aromatic heterocycles. The molecule has 2 aromatic rings. The average Bonchev–Trinajstić information content (AvgIpc) is 3.25. The van der Waals surface area contributed by atoms with E-state index in [0.717, 1.165) is 12.8 Å². The van der Waals surface area contributed by atoms with Crippen molar-refractivity contribution in [3.63, 3.8) is 0 Å². The van der Waals surface area contributed by atoms with Crippen LogP contribution >= 0.6 is 11.6 Å². The average molecular weight is 273 g/mol. The summed E-state index contributed by atoms with van der Waals surface area (Å²) in [7, 11) is 0. The monoisotopic (exact) mass is 272 g/mol. The van der Waals surface area contributed by atoms with E-state index in [0.29, 0.717) is 16.4 Å². The van der Waals surface area contributed by atoms with Crippen molar-refractivity contribution in [1.29, 1.82) is 0 Å². The van der Waals surface area contributed by atoms with E-state index in [1.807, 2.05) is 18.2 Å². The molecule has 0 bridgehead atoms. The highest BCUT2D eigenvalue weighted by molar-refractivity contribution is 6.30. The number of rotatable bonds is 3. The molecule has 1 heterocycles. The smallest absolute Gasteiger partial charge is 0.259 e. The molecule has 1 fully saturated rings. The highest BCUT2D eigenvalue weighted by Gasteiger charge is 2.34. The van der Waals surface area contributed by atoms with E-state index in [4.69, 9.17) is 11.6 Å². The molecule has 0 saturated heterocycles. The van der Waals surface area contributed by atoms with Crippen LogP contribution in [0.1, 0.15) is 23.2 Å². The van der Waals surface area contributed by atoms with Gasteiger partial charge in [0.2, 0.25) is 0 Å². The van der Waals surface area contributed by atoms with Gasteiger partial charge in [0, 0.05) is 22.8 Å². The van der Waals surface area contributed by atoms with Gasteiger partial charge in [0.05, 0.1) is 0 Å². The summed E-state index contributed by atoms with van der Waals surface area (Å²) in [6.07, 6.45) is 3.78. The number of anilines is 1. The van der Waals surface area contributed by atoms with Crippen molar-refractivity contribution < 1.29 is 4.79 Å². The molecular weight excluding hydrogens is 260 g/mol. The Balaban J connectivity index is 1.92. The van der Waals surface area contributed by atoms with E-state index in [1.54, 1.807) is 35.4 Å². The molecule has 3 nitrogen and oxygen atoms in total. The Morgan fingerprint density at radius 2 is 1.89 bits per heavy atom. The highest BCUT2D eigenvalue weighted by atomic mass is 35.5. The minimum atomic E-state index is -0.0159. The number of carbonyl (C=O) groups is 1. The lowest BCUT2D eigenvalue weighted by atomic mass is 10.2. The van der Waals surface area contributed by atoms with Crippen LogP contribution in [0.25, 0.3) is 0 Å². The zero-order valence-corrected chi connectivity index (χ0v) is 11.0. The summed E-state index contributed by atoms with van der Waals surface area (Å²) in [6, 6.07) is 12.9. The van der Waals surface area contributed by atoms with E-state index in [1.165, 1.54) is 0 Å². The minimum Gasteiger partial charge on any atom is -0.290 e. The summed E-state index contributed by atoms with van der Waals surface area (Å²) < 4.78 is 0. The second kappa shape index (κ2) is 5.02. The lowest BCUT2D eigenvalue weighted by Gasteiger charge is -2.21. The number of pyridine rings is 1. The van der Waals surface area contributed by atoms with Crippen LogP contribution in [0.4, 0.5) is 5.82 Å². The number of aromatic nitrogens is 1. The van der Waals surface area contributed by atoms with Crippen LogP contribution in [0.15, 0.2) is 48.7 Å². The molecule has 0 aliphatic heterocycles. The molecule has 0 atom stereocenters. The summed E-state index contributed by atoms with van der Waals surface area (Å²) >= 11 is 5.85. The van der Waals surface area contributed by atoms with Crippen molar-refractivity contribution >= 4 is 23.3 Å². The molecule has 19 heavy (non-hydrogen) atoms. The summed E-state index contributed by atoms with van der Waals surface area (Å²) in [6.45, 7) is 0. The van der Waals surface area contributed by atoms with Crippen LogP contribution in [-0.4, -0.2) is 16.9 Å². The topological polar surface area (TPSA) is 33.2 Å². The van der Waals surface area contributed by atoms with Crippen LogP contribution in [-0.2, 0) is 0 Å². The molecule has 96 valence electrons. The van der Waals surface area contributed by atoms with Crippen LogP contribution in [0.5, 0.6) is 0 Å². The zero-order chi connectivity index (χ0) is 13.2. The Hall–Kier alpha value is -1.87. The fraction of sp³-hybridized carbons (Fsp3) is 0.200. The Labute approximate surface area is 116 Å². The predicted octanol–water partition coefficient (Wildman–Crippen LogP) is 3.54. The van der Waals surface area contributed by atoms with Crippen LogP contribution in [0.3, 0.4) is 0 Å². The van der Waals surface area contributed by atoms with Crippen molar-refractivity contribution in [2.24, 2.45) is 0 Å². The quantitative estimate of drug-likeness (QED) is 0.856. The summed E-state index contributed by atoms with van der Waals surface area (Å²) in [4.78, 5) is 18.6. The molecule has 1 saturated carbocycles. The van der Waals surface area contributed by atoms with Gasteiger partial charge in [-0.2, -0.15) is 0 Å². The van der Waals surface area contributed by atoms with Crippen LogP contribution < -0.4 is 4.90 Å². The molecule has 3 rings (SSSR count). The maximum atomic E-state index is 12.6. The number of amides is 1. The van der Waals surface area contributed by atoms with Crippen molar-refractivity contribution in [1.82, 2.24) is 4.98 Å². The molecule has 0 N–H and O–H groups in total. The largest absolute Gasteiger partial charge is 0.290 e. The van der Waals surface area contributed by atoms with E-state index in [2.05, 4.69) is 4.98 Å². The number of halogens is 1. The van der Waals surface area contributed by atoms with Crippen molar-refractivity contribution in [3.05, 3.63) is 59.2 Å². The van der Waals surface area contributed by atoms with Crippen molar-refractivity contribution in [3.8, 4) is 0 Å². The normalized spacial score (nSPS) is 14.2. The van der Waals surface area contributed by atoms with Crippen molar-refractivity contribution in [2.45, 2.75) is 18.9 Å². The highest BCUT2D eigenvalue weighted by Crippen LogP contribution is 2.32. The Morgan fingerprint density at radius 3 is 2.47 bits per heavy atom. The standard InChI is InChI=1S/C15H13ClN2O/c16-12-6-4-11(5-7-12)15(19)18(13-8-9-13)14-3-1-2-10-17-14/h1-7,10,13H,8-9H2. The molecule has 4 heteroatoms. The number of carbonyl (C=O) groups excluding carboxylic acids is 1. The van der Waals surface area contributed by atoms with Gasteiger partial charge in [0.1, 0.15) is 5.82 Å². The maximum absolute atomic E-state index is 12.6. The third-order valence-electron chi connectivity index (χ3n) is 3.12. The third-order valence-corrected chi connectivity index (χ3v) is 3.37. The number of hydrogen-bond donors (Lipinski definition) is 0. The third kappa shape index (κ3) is 2.61. The molecule has 1 aliphatic carbocycles. The first-order valence-electron chi connectivity index (χ1n) is 6.26. The van der Waals surface area contributed by atoms with Gasteiger partial charge in [-0.25, -0.2) is 4.98 Å². The number of nitrogens with zero attached hydrogens (tertiary/aromatic N) is 2. The molecule has 1 amide bonds. The first-order valence-corrected chi connectivity index (χ1v) is 6.63. The minimum absolute atomic E-state index is 0.0159. The van der Waals surface area contributed by atoms with E-state index < -0.39 is 0 Å². The first kappa shape index (κ1) is 12.2. The zero-order valence-electron chi connectivity index (χ0n) is 10.3. The first-order chi connectivity index (χ1) is 9.25. The van der Waals surface area contributed by atoms with E-state index in [-0.39, 0.29) is 11.9 Å². The predicted molar refractivity (Wildman–Crippen MR) is 75.5 cm³/mol. The van der Waals surface area contributed by atoms with Crippen LogP contribution in [0.2, 0.25) is 5.02 Å². The van der Waals surface area contributed by atoms with Gasteiger partial charge in [-0.05, 0) is 49.2 Å². The number of benzene rings is 1. The fourth-order valence-electron chi connectivity index (χ4n) is 2.02. The molecule has 1 aromatic carbocycles. The van der Waals surface area contributed by atoms with Gasteiger partial charge in [-0.1, -0.05) is 17.7 Å². The maximum Gasteiger partial charge on any atom is 0.259 e. The van der Waals surface area contributed by atoms with Gasteiger partial charge >= 0.3 is 0 Å². The Bertz CT molecular complexity index is 579. The van der Waals surface area contributed by atoms with Crippen LogP contribution in [0, 0.1) is 0 Å². The summed E-state index contributed by atoms with van der Waals surface area (Å²) in [5.74, 6) is 0.697. The second-order valence-electron chi connectivity index (χ2n) is 4.60. The van der Waals surface area contributed by atoms with E-state index in [9.17, 15) is 4.79 Å². The summed E-state index contributed by atoms with van der Waals surface area (Å²) in [5.41, 5.74) is 0.641. The van der Waals surface area contributed by atoms with Gasteiger partial charge in [-0.3, -0.25) is 9.69 Å². The van der Waals surface area contributed by atoms with Gasteiger partial charge in [0.25, 0.3) is 5.91 Å². The second-order valence-corrected chi connectivity index (χ2v) is 5.04. The fourth-order valence-corrected chi connectivity index (χ4v) is 2.14. The van der Waals surface area contributed by atoms with E-state index >= 15 is 0 Å². The van der Waals surface area contributed by atoms with Gasteiger partial charge in [-0.15, -0.1) is 0 Å². The molecule has 0 unspecified atom stereocenters. The summed E-state index contributed by atoms with van der Waals surface area (Å²) in [5, 5.41) is 0.632. The molecule has 1 aliphatic rings. The Kier molecular flexibility index (Phi) is 3.22. The Morgan fingerprint density at radius 1 is 1.16 bits per heavy atom. The molecule has 0 spiro atoms. The lowest BCUT2D eigenvalue weighted by molar-refractivity contribution is 0.0984. The molecular formula is C15H13ClN2O. The van der Waals surface area contributed by atoms with Gasteiger partial charge in [0.15, 0.2) is 0 Å². The van der Waals surface area contributed by atoms with Crippen molar-refractivity contribution in [2.75, 3.05) is 4.90 Å². The number of hydrogen-bond acceptors (Lipinski definition) is 2.